The summed E-state index contributed by atoms with van der Waals surface area (Å²) in [7, 11) is -0.931. The van der Waals surface area contributed by atoms with Crippen molar-refractivity contribution in [1.82, 2.24) is 10.6 Å². The minimum absolute atomic E-state index is 0.127. The fourth-order valence-electron chi connectivity index (χ4n) is 2.22. The van der Waals surface area contributed by atoms with Crippen molar-refractivity contribution in [3.05, 3.63) is 0 Å². The topological polar surface area (TPSA) is 67.4 Å². The van der Waals surface area contributed by atoms with Gasteiger partial charge in [0, 0.05) is 40.5 Å². The molecule has 21 heavy (non-hydrogen) atoms. The normalized spacial score (nSPS) is 21.8. The molecular formula is C15H30N2O3S. The Hall–Kier alpha value is -0.620. The van der Waals surface area contributed by atoms with Gasteiger partial charge >= 0.3 is 6.03 Å². The van der Waals surface area contributed by atoms with E-state index in [0.717, 1.165) is 32.3 Å². The quantitative estimate of drug-likeness (QED) is 0.756. The maximum Gasteiger partial charge on any atom is 0.315 e. The van der Waals surface area contributed by atoms with Gasteiger partial charge in [0.25, 0.3) is 0 Å². The Kier molecular flexibility index (Phi) is 7.66. The average molecular weight is 318 g/mol. The monoisotopic (exact) mass is 318 g/mol. The molecule has 0 aromatic rings. The number of hydrogen-bond acceptors (Lipinski definition) is 3. The van der Waals surface area contributed by atoms with Crippen molar-refractivity contribution in [3.8, 4) is 0 Å². The molecule has 2 amide bonds. The minimum Gasteiger partial charge on any atom is -0.378 e. The van der Waals surface area contributed by atoms with Crippen LogP contribution >= 0.6 is 0 Å². The average Bonchev–Trinajstić information content (AvgIpc) is 2.88. The molecule has 3 atom stereocenters. The van der Waals surface area contributed by atoms with Gasteiger partial charge in [-0.25, -0.2) is 4.79 Å². The van der Waals surface area contributed by atoms with Gasteiger partial charge in [-0.05, 0) is 53.4 Å². The molecule has 6 heteroatoms. The van der Waals surface area contributed by atoms with E-state index in [1.807, 2.05) is 27.7 Å². The van der Waals surface area contributed by atoms with E-state index in [4.69, 9.17) is 4.74 Å². The first-order valence-electron chi connectivity index (χ1n) is 7.83. The zero-order valence-electron chi connectivity index (χ0n) is 13.7. The summed E-state index contributed by atoms with van der Waals surface area (Å²) < 4.78 is 17.2. The van der Waals surface area contributed by atoms with Gasteiger partial charge in [-0.3, -0.25) is 4.21 Å². The highest BCUT2D eigenvalue weighted by molar-refractivity contribution is 7.86. The third-order valence-corrected chi connectivity index (χ3v) is 5.52. The first-order chi connectivity index (χ1) is 9.79. The predicted octanol–water partition coefficient (Wildman–Crippen LogP) is 2.18. The molecule has 0 unspecified atom stereocenters. The summed E-state index contributed by atoms with van der Waals surface area (Å²) >= 11 is 0. The van der Waals surface area contributed by atoms with Gasteiger partial charge in [0.05, 0.1) is 6.10 Å². The van der Waals surface area contributed by atoms with Crippen LogP contribution in [-0.4, -0.2) is 46.0 Å². The number of amides is 2. The zero-order chi connectivity index (χ0) is 15.9. The molecule has 2 N–H and O–H groups in total. The fourth-order valence-corrected chi connectivity index (χ4v) is 3.12. The van der Waals surface area contributed by atoms with Crippen LogP contribution in [0, 0.1) is 0 Å². The molecule has 0 aliphatic carbocycles. The van der Waals surface area contributed by atoms with Crippen molar-refractivity contribution >= 4 is 16.8 Å². The van der Waals surface area contributed by atoms with Crippen LogP contribution < -0.4 is 10.6 Å². The maximum absolute atomic E-state index is 11.8. The first kappa shape index (κ1) is 18.4. The number of carbonyl (C=O) groups excluding carboxylic acids is 1. The van der Waals surface area contributed by atoms with Gasteiger partial charge in [0.1, 0.15) is 0 Å². The first-order valence-corrected chi connectivity index (χ1v) is 9.15. The van der Waals surface area contributed by atoms with Crippen LogP contribution in [0.25, 0.3) is 0 Å². The number of nitrogens with one attached hydrogen (secondary N) is 2. The standard InChI is InChI=1S/C15H30N2O3S/c1-12(7-8-13-6-5-10-20-13)17-14(18)16-9-11-21(19)15(2,3)4/h12-13H,5-11H2,1-4H3,(H2,16,17,18)/t12-,13+,21+/m0/s1. The predicted molar refractivity (Wildman–Crippen MR) is 87.0 cm³/mol. The number of carbonyl (C=O) groups is 1. The highest BCUT2D eigenvalue weighted by Crippen LogP contribution is 2.17. The summed E-state index contributed by atoms with van der Waals surface area (Å²) in [5.74, 6) is 0.487. The molecule has 1 heterocycles. The second-order valence-electron chi connectivity index (χ2n) is 6.68. The molecule has 0 saturated carbocycles. The lowest BCUT2D eigenvalue weighted by Crippen LogP contribution is -2.43. The second-order valence-corrected chi connectivity index (χ2v) is 9.00. The Balaban J connectivity index is 2.10. The van der Waals surface area contributed by atoms with E-state index in [-0.39, 0.29) is 16.8 Å². The van der Waals surface area contributed by atoms with Crippen molar-refractivity contribution in [2.75, 3.05) is 18.9 Å². The molecule has 0 spiro atoms. The molecule has 1 rings (SSSR count). The second kappa shape index (κ2) is 8.73. The van der Waals surface area contributed by atoms with Crippen LogP contribution in [0.15, 0.2) is 0 Å². The van der Waals surface area contributed by atoms with Gasteiger partial charge in [-0.2, -0.15) is 0 Å². The highest BCUT2D eigenvalue weighted by Gasteiger charge is 2.19. The van der Waals surface area contributed by atoms with Crippen molar-refractivity contribution in [3.63, 3.8) is 0 Å². The Labute approximate surface area is 131 Å². The van der Waals surface area contributed by atoms with E-state index < -0.39 is 10.8 Å². The summed E-state index contributed by atoms with van der Waals surface area (Å²) in [4.78, 5) is 11.7. The minimum atomic E-state index is -0.931. The zero-order valence-corrected chi connectivity index (χ0v) is 14.6. The third kappa shape index (κ3) is 7.81. The van der Waals surface area contributed by atoms with Gasteiger partial charge in [0.2, 0.25) is 0 Å². The van der Waals surface area contributed by atoms with E-state index in [1.165, 1.54) is 0 Å². The molecule has 1 aliphatic rings. The molecule has 5 nitrogen and oxygen atoms in total. The van der Waals surface area contributed by atoms with E-state index in [1.54, 1.807) is 0 Å². The largest absolute Gasteiger partial charge is 0.378 e. The van der Waals surface area contributed by atoms with E-state index in [0.29, 0.717) is 18.4 Å². The van der Waals surface area contributed by atoms with Crippen LogP contribution in [0.1, 0.15) is 53.4 Å². The molecule has 124 valence electrons. The molecule has 1 saturated heterocycles. The SMILES string of the molecule is C[C@@H](CC[C@H]1CCCO1)NC(=O)NCC[S@@](=O)C(C)(C)C. The molecule has 0 bridgehead atoms. The lowest BCUT2D eigenvalue weighted by molar-refractivity contribution is 0.100. The smallest absolute Gasteiger partial charge is 0.315 e. The van der Waals surface area contributed by atoms with Crippen molar-refractivity contribution < 1.29 is 13.7 Å². The number of ether oxygens (including phenoxy) is 1. The van der Waals surface area contributed by atoms with Crippen LogP contribution in [-0.2, 0) is 15.5 Å². The third-order valence-electron chi connectivity index (χ3n) is 3.58. The Morgan fingerprint density at radius 2 is 2.14 bits per heavy atom. The molecule has 0 aromatic carbocycles. The summed E-state index contributed by atoms with van der Waals surface area (Å²) in [6.45, 7) is 9.14. The van der Waals surface area contributed by atoms with Gasteiger partial charge in [-0.15, -0.1) is 0 Å². The van der Waals surface area contributed by atoms with Crippen LogP contribution in [0.2, 0.25) is 0 Å². The lowest BCUT2D eigenvalue weighted by atomic mass is 10.1. The molecule has 0 aromatic heterocycles. The Morgan fingerprint density at radius 3 is 2.71 bits per heavy atom. The Morgan fingerprint density at radius 1 is 1.43 bits per heavy atom. The van der Waals surface area contributed by atoms with E-state index in [2.05, 4.69) is 10.6 Å². The highest BCUT2D eigenvalue weighted by atomic mass is 32.2. The van der Waals surface area contributed by atoms with Crippen LogP contribution in [0.4, 0.5) is 4.79 Å². The van der Waals surface area contributed by atoms with Gasteiger partial charge < -0.3 is 15.4 Å². The number of urea groups is 1. The van der Waals surface area contributed by atoms with Crippen molar-refractivity contribution in [2.45, 2.75) is 70.3 Å². The fraction of sp³-hybridized carbons (Fsp3) is 0.933. The molecular weight excluding hydrogens is 288 g/mol. The van der Waals surface area contributed by atoms with Gasteiger partial charge in [-0.1, -0.05) is 0 Å². The molecule has 1 fully saturated rings. The van der Waals surface area contributed by atoms with E-state index >= 15 is 0 Å². The summed E-state index contributed by atoms with van der Waals surface area (Å²) in [6.07, 6.45) is 4.57. The molecule has 0 radical (unpaired) electrons. The lowest BCUT2D eigenvalue weighted by Gasteiger charge is -2.19. The van der Waals surface area contributed by atoms with E-state index in [9.17, 15) is 9.00 Å². The maximum atomic E-state index is 11.8. The Bertz CT molecular complexity index is 349. The van der Waals surface area contributed by atoms with Crippen LogP contribution in [0.3, 0.4) is 0 Å². The van der Waals surface area contributed by atoms with Crippen molar-refractivity contribution in [2.24, 2.45) is 0 Å². The number of hydrogen-bond donors (Lipinski definition) is 2. The molecule has 1 aliphatic heterocycles. The van der Waals surface area contributed by atoms with Crippen molar-refractivity contribution in [1.29, 1.82) is 0 Å². The summed E-state index contributed by atoms with van der Waals surface area (Å²) in [5.41, 5.74) is 0. The summed E-state index contributed by atoms with van der Waals surface area (Å²) in [6, 6.07) is -0.0527. The van der Waals surface area contributed by atoms with Crippen LogP contribution in [0.5, 0.6) is 0 Å². The summed E-state index contributed by atoms with van der Waals surface area (Å²) in [5, 5.41) is 5.68. The number of rotatable bonds is 7. The van der Waals surface area contributed by atoms with Gasteiger partial charge in [0.15, 0.2) is 0 Å².